The molecule has 0 bridgehead atoms. The van der Waals surface area contributed by atoms with Gasteiger partial charge in [-0.1, -0.05) is 29.8 Å². The molecule has 146 valence electrons. The van der Waals surface area contributed by atoms with E-state index in [1.165, 1.54) is 12.3 Å². The van der Waals surface area contributed by atoms with Gasteiger partial charge in [0.2, 0.25) is 0 Å². The van der Waals surface area contributed by atoms with Crippen molar-refractivity contribution in [2.45, 2.75) is 13.0 Å². The Morgan fingerprint density at radius 2 is 2.10 bits per heavy atom. The molecule has 0 aliphatic heterocycles. The normalized spacial score (nSPS) is 10.8. The number of nitrogens with zero attached hydrogens (tertiary/aromatic N) is 3. The van der Waals surface area contributed by atoms with Crippen molar-refractivity contribution in [3.63, 3.8) is 0 Å². The second-order valence-corrected chi connectivity index (χ2v) is 6.39. The predicted octanol–water partition coefficient (Wildman–Crippen LogP) is 3.80. The summed E-state index contributed by atoms with van der Waals surface area (Å²) in [4.78, 5) is 27.7. The van der Waals surface area contributed by atoms with Crippen LogP contribution in [0, 0.1) is 11.3 Å². The highest BCUT2D eigenvalue weighted by Crippen LogP contribution is 2.23. The van der Waals surface area contributed by atoms with Gasteiger partial charge in [0.05, 0.1) is 18.2 Å². The number of halogens is 1. The van der Waals surface area contributed by atoms with Crippen LogP contribution in [-0.2, 0) is 20.9 Å². The highest BCUT2D eigenvalue weighted by atomic mass is 35.5. The minimum Gasteiger partial charge on any atom is -0.452 e. The van der Waals surface area contributed by atoms with Crippen molar-refractivity contribution in [3.8, 4) is 6.07 Å². The van der Waals surface area contributed by atoms with Crippen molar-refractivity contribution in [2.24, 2.45) is 0 Å². The first-order valence-corrected chi connectivity index (χ1v) is 9.16. The SMILES string of the molecule is N#CCCn1cc(/C=C/C(=O)OCC(=O)Nc2cccnc2Cl)c2ccccc21. The smallest absolute Gasteiger partial charge is 0.331 e. The van der Waals surface area contributed by atoms with Crippen molar-refractivity contribution >= 4 is 46.1 Å². The van der Waals surface area contributed by atoms with Crippen LogP contribution in [0.25, 0.3) is 17.0 Å². The molecule has 0 unspecified atom stereocenters. The maximum atomic E-state index is 12.0. The molecule has 1 N–H and O–H groups in total. The molecule has 0 saturated carbocycles. The third-order valence-electron chi connectivity index (χ3n) is 4.06. The summed E-state index contributed by atoms with van der Waals surface area (Å²) < 4.78 is 6.94. The zero-order chi connectivity index (χ0) is 20.6. The Morgan fingerprint density at radius 3 is 2.90 bits per heavy atom. The van der Waals surface area contributed by atoms with Gasteiger partial charge in [-0.15, -0.1) is 0 Å². The van der Waals surface area contributed by atoms with Gasteiger partial charge in [-0.25, -0.2) is 9.78 Å². The summed E-state index contributed by atoms with van der Waals surface area (Å²) in [6.07, 6.45) is 6.66. The number of benzene rings is 1. The van der Waals surface area contributed by atoms with E-state index in [2.05, 4.69) is 16.4 Å². The number of esters is 1. The lowest BCUT2D eigenvalue weighted by atomic mass is 10.1. The predicted molar refractivity (Wildman–Crippen MR) is 110 cm³/mol. The lowest BCUT2D eigenvalue weighted by molar-refractivity contribution is -0.142. The maximum Gasteiger partial charge on any atom is 0.331 e. The molecule has 0 fully saturated rings. The Hall–Kier alpha value is -3.63. The van der Waals surface area contributed by atoms with Crippen LogP contribution in [0.2, 0.25) is 5.15 Å². The fraction of sp³-hybridized carbons (Fsp3) is 0.143. The number of hydrogen-bond acceptors (Lipinski definition) is 5. The number of pyridine rings is 1. The van der Waals surface area contributed by atoms with E-state index in [1.54, 1.807) is 18.2 Å². The fourth-order valence-corrected chi connectivity index (χ4v) is 2.94. The summed E-state index contributed by atoms with van der Waals surface area (Å²) in [6, 6.07) is 13.1. The molecule has 2 heterocycles. The molecule has 0 aliphatic rings. The third kappa shape index (κ3) is 5.21. The summed E-state index contributed by atoms with van der Waals surface area (Å²) in [7, 11) is 0. The van der Waals surface area contributed by atoms with Gasteiger partial charge in [-0.2, -0.15) is 5.26 Å². The highest BCUT2D eigenvalue weighted by Gasteiger charge is 2.09. The van der Waals surface area contributed by atoms with Gasteiger partial charge < -0.3 is 14.6 Å². The van der Waals surface area contributed by atoms with Crippen molar-refractivity contribution in [3.05, 3.63) is 65.6 Å². The van der Waals surface area contributed by atoms with Gasteiger partial charge in [0.1, 0.15) is 0 Å². The molecule has 3 aromatic rings. The van der Waals surface area contributed by atoms with E-state index in [4.69, 9.17) is 21.6 Å². The molecule has 0 aliphatic carbocycles. The summed E-state index contributed by atoms with van der Waals surface area (Å²) in [6.45, 7) is 0.116. The molecule has 1 amide bonds. The molecule has 0 spiro atoms. The summed E-state index contributed by atoms with van der Waals surface area (Å²) in [5.41, 5.74) is 2.14. The van der Waals surface area contributed by atoms with Crippen LogP contribution in [0.4, 0.5) is 5.69 Å². The van der Waals surface area contributed by atoms with Gasteiger partial charge in [0, 0.05) is 41.5 Å². The van der Waals surface area contributed by atoms with Crippen LogP contribution in [0.15, 0.2) is 54.9 Å². The van der Waals surface area contributed by atoms with Crippen LogP contribution in [0.5, 0.6) is 0 Å². The number of carbonyl (C=O) groups is 2. The Labute approximate surface area is 172 Å². The number of nitriles is 1. The van der Waals surface area contributed by atoms with E-state index in [1.807, 2.05) is 35.0 Å². The van der Waals surface area contributed by atoms with E-state index >= 15 is 0 Å². The summed E-state index contributed by atoms with van der Waals surface area (Å²) in [5.74, 6) is -1.17. The Kier molecular flexibility index (Phi) is 6.61. The number of aryl methyl sites for hydroxylation is 1. The van der Waals surface area contributed by atoms with Crippen molar-refractivity contribution in [2.75, 3.05) is 11.9 Å². The first-order valence-electron chi connectivity index (χ1n) is 8.78. The van der Waals surface area contributed by atoms with Gasteiger partial charge in [-0.3, -0.25) is 4.79 Å². The zero-order valence-electron chi connectivity index (χ0n) is 15.3. The number of rotatable bonds is 7. The molecule has 0 radical (unpaired) electrons. The monoisotopic (exact) mass is 408 g/mol. The number of anilines is 1. The summed E-state index contributed by atoms with van der Waals surface area (Å²) in [5, 5.41) is 12.4. The number of amides is 1. The number of nitrogens with one attached hydrogen (secondary N) is 1. The van der Waals surface area contributed by atoms with Gasteiger partial charge in [-0.05, 0) is 24.3 Å². The maximum absolute atomic E-state index is 12.0. The highest BCUT2D eigenvalue weighted by molar-refractivity contribution is 6.32. The average molecular weight is 409 g/mol. The molecular weight excluding hydrogens is 392 g/mol. The Bertz CT molecular complexity index is 1110. The second-order valence-electron chi connectivity index (χ2n) is 6.03. The Morgan fingerprint density at radius 1 is 1.28 bits per heavy atom. The molecular formula is C21H17ClN4O3. The van der Waals surface area contributed by atoms with E-state index in [0.29, 0.717) is 18.7 Å². The first kappa shape index (κ1) is 20.1. The van der Waals surface area contributed by atoms with Crippen molar-refractivity contribution in [1.29, 1.82) is 5.26 Å². The van der Waals surface area contributed by atoms with Gasteiger partial charge in [0.15, 0.2) is 11.8 Å². The molecule has 1 aromatic carbocycles. The van der Waals surface area contributed by atoms with Gasteiger partial charge in [0.25, 0.3) is 5.91 Å². The van der Waals surface area contributed by atoms with E-state index in [9.17, 15) is 9.59 Å². The minimum atomic E-state index is -0.647. The van der Waals surface area contributed by atoms with Crippen LogP contribution < -0.4 is 5.32 Å². The number of aromatic nitrogens is 2. The standard InChI is InChI=1S/C21H17ClN4O3/c22-21-17(6-3-11-24-21)25-19(27)14-29-20(28)9-8-15-13-26(12-4-10-23)18-7-2-1-5-16(15)18/h1-3,5-9,11,13H,4,12,14H2,(H,25,27)/b9-8+. The van der Waals surface area contributed by atoms with Crippen LogP contribution in [0.3, 0.4) is 0 Å². The number of hydrogen-bond donors (Lipinski definition) is 1. The minimum absolute atomic E-state index is 0.153. The van der Waals surface area contributed by atoms with Crippen molar-refractivity contribution in [1.82, 2.24) is 9.55 Å². The number of fused-ring (bicyclic) bond motifs is 1. The number of ether oxygens (including phenoxy) is 1. The molecule has 3 rings (SSSR count). The van der Waals surface area contributed by atoms with Crippen LogP contribution in [0.1, 0.15) is 12.0 Å². The van der Waals surface area contributed by atoms with E-state index < -0.39 is 18.5 Å². The lowest BCUT2D eigenvalue weighted by Crippen LogP contribution is -2.20. The van der Waals surface area contributed by atoms with E-state index in [-0.39, 0.29) is 5.15 Å². The molecule has 2 aromatic heterocycles. The lowest BCUT2D eigenvalue weighted by Gasteiger charge is -2.06. The van der Waals surface area contributed by atoms with Crippen LogP contribution >= 0.6 is 11.6 Å². The van der Waals surface area contributed by atoms with Crippen LogP contribution in [-0.4, -0.2) is 28.0 Å². The largest absolute Gasteiger partial charge is 0.452 e. The zero-order valence-corrected chi connectivity index (χ0v) is 16.1. The topological polar surface area (TPSA) is 97.0 Å². The summed E-state index contributed by atoms with van der Waals surface area (Å²) >= 11 is 5.87. The van der Waals surface area contributed by atoms with Crippen molar-refractivity contribution < 1.29 is 14.3 Å². The third-order valence-corrected chi connectivity index (χ3v) is 4.36. The second kappa shape index (κ2) is 9.53. The quantitative estimate of drug-likeness (QED) is 0.364. The molecule has 29 heavy (non-hydrogen) atoms. The number of carbonyl (C=O) groups excluding carboxylic acids is 2. The Balaban J connectivity index is 1.61. The molecule has 8 heteroatoms. The van der Waals surface area contributed by atoms with Gasteiger partial charge >= 0.3 is 5.97 Å². The average Bonchev–Trinajstić information content (AvgIpc) is 3.09. The molecule has 0 saturated heterocycles. The fourth-order valence-electron chi connectivity index (χ4n) is 2.77. The van der Waals surface area contributed by atoms with E-state index in [0.717, 1.165) is 16.5 Å². The molecule has 7 nitrogen and oxygen atoms in total. The number of para-hydroxylation sites is 1. The molecule has 0 atom stereocenters. The first-order chi connectivity index (χ1) is 14.1.